The van der Waals surface area contributed by atoms with Crippen molar-refractivity contribution in [2.75, 3.05) is 5.32 Å². The van der Waals surface area contributed by atoms with Gasteiger partial charge < -0.3 is 15.4 Å². The summed E-state index contributed by atoms with van der Waals surface area (Å²) in [6.45, 7) is 1.36. The first-order valence-electron chi connectivity index (χ1n) is 7.02. The largest absolute Gasteiger partial charge is 0.451 e. The number of carbonyl (C=O) groups is 3. The van der Waals surface area contributed by atoms with Crippen LogP contribution in [0.25, 0.3) is 0 Å². The van der Waals surface area contributed by atoms with E-state index in [-0.39, 0.29) is 28.7 Å². The summed E-state index contributed by atoms with van der Waals surface area (Å²) in [6.07, 6.45) is -0.569. The van der Waals surface area contributed by atoms with Crippen LogP contribution in [-0.4, -0.2) is 34.9 Å². The van der Waals surface area contributed by atoms with Gasteiger partial charge in [0.1, 0.15) is 6.04 Å². The van der Waals surface area contributed by atoms with Crippen LogP contribution in [0.3, 0.4) is 0 Å². The molecule has 0 bridgehead atoms. The van der Waals surface area contributed by atoms with Crippen LogP contribution in [0.4, 0.5) is 11.4 Å². The van der Waals surface area contributed by atoms with E-state index in [1.165, 1.54) is 19.1 Å². The number of halogens is 1. The molecule has 1 aromatic rings. The summed E-state index contributed by atoms with van der Waals surface area (Å²) in [5, 5.41) is 15.5. The third-order valence-electron chi connectivity index (χ3n) is 3.36. The number of hydrogen-bond donors (Lipinski definition) is 2. The topological polar surface area (TPSA) is 128 Å². The van der Waals surface area contributed by atoms with Crippen molar-refractivity contribution in [3.05, 3.63) is 33.3 Å². The number of carbonyl (C=O) groups excluding carboxylic acids is 3. The predicted octanol–water partition coefficient (Wildman–Crippen LogP) is 1.40. The summed E-state index contributed by atoms with van der Waals surface area (Å²) in [5.41, 5.74) is -0.0567. The quantitative estimate of drug-likeness (QED) is 0.466. The molecule has 1 saturated heterocycles. The van der Waals surface area contributed by atoms with Gasteiger partial charge in [-0.25, -0.2) is 4.79 Å². The number of benzene rings is 1. The fourth-order valence-corrected chi connectivity index (χ4v) is 2.28. The zero-order valence-corrected chi connectivity index (χ0v) is 13.3. The first kappa shape index (κ1) is 17.7. The van der Waals surface area contributed by atoms with Gasteiger partial charge in [0.2, 0.25) is 5.91 Å². The summed E-state index contributed by atoms with van der Waals surface area (Å²) >= 11 is 5.87. The second-order valence-corrected chi connectivity index (χ2v) is 5.56. The Kier molecular flexibility index (Phi) is 5.35. The Labute approximate surface area is 141 Å². The zero-order chi connectivity index (χ0) is 17.9. The molecule has 2 amide bonds. The second-order valence-electron chi connectivity index (χ2n) is 5.15. The van der Waals surface area contributed by atoms with Crippen LogP contribution in [0.5, 0.6) is 0 Å². The van der Waals surface area contributed by atoms with Crippen molar-refractivity contribution in [3.8, 4) is 0 Å². The van der Waals surface area contributed by atoms with E-state index < -0.39 is 28.9 Å². The fraction of sp³-hybridized carbons (Fsp3) is 0.357. The van der Waals surface area contributed by atoms with Crippen molar-refractivity contribution in [3.63, 3.8) is 0 Å². The summed E-state index contributed by atoms with van der Waals surface area (Å²) in [6, 6.07) is 2.81. The van der Waals surface area contributed by atoms with Crippen LogP contribution in [0.2, 0.25) is 5.02 Å². The Hall–Kier alpha value is -2.68. The van der Waals surface area contributed by atoms with Crippen LogP contribution in [0.1, 0.15) is 19.8 Å². The number of rotatable bonds is 5. The third kappa shape index (κ3) is 4.19. The number of nitro benzene ring substituents is 1. The average Bonchev–Trinajstić information content (AvgIpc) is 2.95. The van der Waals surface area contributed by atoms with E-state index in [0.29, 0.717) is 6.42 Å². The molecule has 1 heterocycles. The third-order valence-corrected chi connectivity index (χ3v) is 3.68. The number of ether oxygens (including phenoxy) is 1. The molecule has 9 nitrogen and oxygen atoms in total. The van der Waals surface area contributed by atoms with Crippen LogP contribution in [-0.2, 0) is 19.1 Å². The van der Waals surface area contributed by atoms with Crippen LogP contribution >= 0.6 is 11.6 Å². The maximum absolute atomic E-state index is 12.0. The van der Waals surface area contributed by atoms with Crippen molar-refractivity contribution in [2.45, 2.75) is 31.9 Å². The lowest BCUT2D eigenvalue weighted by molar-refractivity contribution is -0.384. The second kappa shape index (κ2) is 7.26. The Balaban J connectivity index is 1.95. The van der Waals surface area contributed by atoms with E-state index in [4.69, 9.17) is 16.3 Å². The van der Waals surface area contributed by atoms with Crippen LogP contribution in [0.15, 0.2) is 18.2 Å². The molecule has 1 aliphatic heterocycles. The molecule has 2 unspecified atom stereocenters. The van der Waals surface area contributed by atoms with E-state index >= 15 is 0 Å². The standard InChI is InChI=1S/C14H14ClN3O6/c1-7(24-14(21)11-4-5-12(19)16-11)13(20)17-10-3-2-8(18(22)23)6-9(10)15/h2-3,6-7,11H,4-5H2,1H3,(H,16,19)(H,17,20). The van der Waals surface area contributed by atoms with Crippen molar-refractivity contribution < 1.29 is 24.0 Å². The molecule has 128 valence electrons. The molecular formula is C14H14ClN3O6. The smallest absolute Gasteiger partial charge is 0.329 e. The molecule has 2 rings (SSSR count). The summed E-state index contributed by atoms with van der Waals surface area (Å²) in [5.74, 6) is -1.59. The van der Waals surface area contributed by atoms with Crippen molar-refractivity contribution in [1.82, 2.24) is 5.32 Å². The van der Waals surface area contributed by atoms with Crippen LogP contribution < -0.4 is 10.6 Å². The molecular weight excluding hydrogens is 342 g/mol. The molecule has 0 aromatic heterocycles. The highest BCUT2D eigenvalue weighted by molar-refractivity contribution is 6.34. The minimum Gasteiger partial charge on any atom is -0.451 e. The molecule has 1 aliphatic rings. The van der Waals surface area contributed by atoms with Crippen molar-refractivity contribution >= 4 is 40.8 Å². The van der Waals surface area contributed by atoms with Crippen LogP contribution in [0, 0.1) is 10.1 Å². The molecule has 0 saturated carbocycles. The van der Waals surface area contributed by atoms with Crippen molar-refractivity contribution in [2.24, 2.45) is 0 Å². The molecule has 0 aliphatic carbocycles. The molecule has 2 atom stereocenters. The maximum atomic E-state index is 12.0. The minimum absolute atomic E-state index is 0.0147. The number of non-ortho nitro benzene ring substituents is 1. The first-order valence-corrected chi connectivity index (χ1v) is 7.40. The van der Waals surface area contributed by atoms with Gasteiger partial charge in [-0.05, 0) is 19.4 Å². The van der Waals surface area contributed by atoms with Gasteiger partial charge in [-0.15, -0.1) is 0 Å². The lowest BCUT2D eigenvalue weighted by atomic mass is 10.2. The lowest BCUT2D eigenvalue weighted by Gasteiger charge is -2.16. The SMILES string of the molecule is CC(OC(=O)C1CCC(=O)N1)C(=O)Nc1ccc([N+](=O)[O-])cc1Cl. The first-order chi connectivity index (χ1) is 11.3. The van der Waals surface area contributed by atoms with E-state index in [0.717, 1.165) is 6.07 Å². The highest BCUT2D eigenvalue weighted by Gasteiger charge is 2.31. The Morgan fingerprint density at radius 1 is 1.50 bits per heavy atom. The fourth-order valence-electron chi connectivity index (χ4n) is 2.05. The highest BCUT2D eigenvalue weighted by atomic mass is 35.5. The molecule has 1 fully saturated rings. The number of nitrogens with one attached hydrogen (secondary N) is 2. The van der Waals surface area contributed by atoms with Gasteiger partial charge in [0.05, 0.1) is 15.6 Å². The minimum atomic E-state index is -1.12. The average molecular weight is 356 g/mol. The van der Waals surface area contributed by atoms with E-state index in [2.05, 4.69) is 10.6 Å². The molecule has 2 N–H and O–H groups in total. The van der Waals surface area contributed by atoms with E-state index in [1.807, 2.05) is 0 Å². The Bertz CT molecular complexity index is 708. The van der Waals surface area contributed by atoms with Gasteiger partial charge in [0.15, 0.2) is 6.10 Å². The Morgan fingerprint density at radius 2 is 2.21 bits per heavy atom. The van der Waals surface area contributed by atoms with Gasteiger partial charge in [0.25, 0.3) is 11.6 Å². The zero-order valence-electron chi connectivity index (χ0n) is 12.6. The molecule has 10 heteroatoms. The molecule has 1 aromatic carbocycles. The number of nitrogens with zero attached hydrogens (tertiary/aromatic N) is 1. The predicted molar refractivity (Wildman–Crippen MR) is 83.5 cm³/mol. The summed E-state index contributed by atoms with van der Waals surface area (Å²) < 4.78 is 5.00. The number of esters is 1. The Morgan fingerprint density at radius 3 is 2.75 bits per heavy atom. The summed E-state index contributed by atoms with van der Waals surface area (Å²) in [4.78, 5) is 45.0. The van der Waals surface area contributed by atoms with Gasteiger partial charge in [0, 0.05) is 18.6 Å². The van der Waals surface area contributed by atoms with E-state index in [9.17, 15) is 24.5 Å². The summed E-state index contributed by atoms with van der Waals surface area (Å²) in [7, 11) is 0. The molecule has 24 heavy (non-hydrogen) atoms. The van der Waals surface area contributed by atoms with E-state index in [1.54, 1.807) is 0 Å². The highest BCUT2D eigenvalue weighted by Crippen LogP contribution is 2.26. The van der Waals surface area contributed by atoms with Gasteiger partial charge in [-0.1, -0.05) is 11.6 Å². The number of amides is 2. The van der Waals surface area contributed by atoms with Gasteiger partial charge in [-0.3, -0.25) is 19.7 Å². The van der Waals surface area contributed by atoms with Gasteiger partial charge in [-0.2, -0.15) is 0 Å². The number of anilines is 1. The molecule has 0 radical (unpaired) electrons. The molecule has 0 spiro atoms. The van der Waals surface area contributed by atoms with Crippen molar-refractivity contribution in [1.29, 1.82) is 0 Å². The maximum Gasteiger partial charge on any atom is 0.329 e. The normalized spacial score (nSPS) is 17.8. The monoisotopic (exact) mass is 355 g/mol. The number of hydrogen-bond acceptors (Lipinski definition) is 6. The van der Waals surface area contributed by atoms with Gasteiger partial charge >= 0.3 is 5.97 Å². The lowest BCUT2D eigenvalue weighted by Crippen LogP contribution is -2.39. The number of nitro groups is 1.